The molecule has 0 spiro atoms. The van der Waals surface area contributed by atoms with Gasteiger partial charge < -0.3 is 25.3 Å². The highest BCUT2D eigenvalue weighted by molar-refractivity contribution is 7.90. The molecular formula is C32H55N7O4S2. The van der Waals surface area contributed by atoms with Crippen molar-refractivity contribution < 1.29 is 16.8 Å². The van der Waals surface area contributed by atoms with Gasteiger partial charge >= 0.3 is 0 Å². The van der Waals surface area contributed by atoms with Crippen molar-refractivity contribution >= 4 is 31.4 Å². The molecule has 1 aliphatic rings. The lowest BCUT2D eigenvalue weighted by Gasteiger charge is -2.27. The second-order valence-corrected chi connectivity index (χ2v) is 15.9. The Labute approximate surface area is 272 Å². The van der Waals surface area contributed by atoms with E-state index in [9.17, 15) is 16.8 Å². The van der Waals surface area contributed by atoms with E-state index in [1.54, 1.807) is 6.07 Å². The third-order valence-electron chi connectivity index (χ3n) is 8.13. The van der Waals surface area contributed by atoms with E-state index in [0.717, 1.165) is 25.2 Å². The first-order valence-electron chi connectivity index (χ1n) is 16.1. The van der Waals surface area contributed by atoms with Crippen LogP contribution in [0.1, 0.15) is 32.3 Å². The van der Waals surface area contributed by atoms with Crippen molar-refractivity contribution in [3.8, 4) is 0 Å². The number of sulfonamides is 2. The summed E-state index contributed by atoms with van der Waals surface area (Å²) in [7, 11) is -0.478. The van der Waals surface area contributed by atoms with Crippen LogP contribution < -0.4 is 10.6 Å². The molecule has 13 heteroatoms. The molecule has 0 aliphatic carbocycles. The fraction of sp³-hybridized carbons (Fsp3) is 0.625. The zero-order valence-electron chi connectivity index (χ0n) is 28.1. The number of hydrogen-bond acceptors (Lipinski definition) is 9. The predicted molar refractivity (Wildman–Crippen MR) is 185 cm³/mol. The van der Waals surface area contributed by atoms with Gasteiger partial charge in [-0.1, -0.05) is 44.2 Å². The van der Waals surface area contributed by atoms with Gasteiger partial charge in [0.05, 0.1) is 11.4 Å². The highest BCUT2D eigenvalue weighted by Crippen LogP contribution is 2.35. The van der Waals surface area contributed by atoms with Crippen molar-refractivity contribution in [2.75, 3.05) is 111 Å². The van der Waals surface area contributed by atoms with Crippen LogP contribution in [0.4, 0.5) is 11.4 Å². The number of likely N-dealkylation sites (N-methyl/N-ethyl adjacent to an activating group) is 4. The van der Waals surface area contributed by atoms with Gasteiger partial charge in [0.25, 0.3) is 0 Å². The summed E-state index contributed by atoms with van der Waals surface area (Å²) >= 11 is 0. The van der Waals surface area contributed by atoms with Gasteiger partial charge in [-0.05, 0) is 78.2 Å². The van der Waals surface area contributed by atoms with Gasteiger partial charge in [-0.25, -0.2) is 16.8 Å². The second-order valence-electron chi connectivity index (χ2n) is 12.1. The molecule has 1 heterocycles. The normalized spacial score (nSPS) is 14.7. The van der Waals surface area contributed by atoms with Crippen LogP contribution in [-0.4, -0.2) is 140 Å². The quantitative estimate of drug-likeness (QED) is 0.221. The molecule has 2 aromatic rings. The molecule has 0 atom stereocenters. The highest BCUT2D eigenvalue weighted by Gasteiger charge is 2.33. The van der Waals surface area contributed by atoms with Crippen LogP contribution in [0.5, 0.6) is 0 Å². The standard InChI is InChI=1S/C32H55N7O4S2/c1-7-38(24-22-35(3)4)44(40,41)31-27-32(45(42,43)39(8-2)25-23-36(5)6)30(34-18-21-37-19-12-13-20-37)26-29(31)33-17-16-28-14-10-9-11-15-28/h9-11,14-15,26-27,33-34H,7-8,12-13,16-25H2,1-6H3. The molecule has 2 aromatic carbocycles. The number of benzene rings is 2. The molecule has 254 valence electrons. The number of nitrogens with one attached hydrogen (secondary N) is 2. The largest absolute Gasteiger partial charge is 0.384 e. The van der Waals surface area contributed by atoms with E-state index < -0.39 is 20.0 Å². The highest BCUT2D eigenvalue weighted by atomic mass is 32.2. The molecule has 45 heavy (non-hydrogen) atoms. The van der Waals surface area contributed by atoms with Crippen LogP contribution in [-0.2, 0) is 26.5 Å². The maximum Gasteiger partial charge on any atom is 0.245 e. The van der Waals surface area contributed by atoms with E-state index in [-0.39, 0.29) is 29.4 Å². The Morgan fingerprint density at radius 1 is 0.689 bits per heavy atom. The monoisotopic (exact) mass is 665 g/mol. The lowest BCUT2D eigenvalue weighted by atomic mass is 10.1. The summed E-state index contributed by atoms with van der Waals surface area (Å²) < 4.78 is 60.0. The van der Waals surface area contributed by atoms with Crippen LogP contribution in [0.3, 0.4) is 0 Å². The Morgan fingerprint density at radius 2 is 1.18 bits per heavy atom. The van der Waals surface area contributed by atoms with Gasteiger partial charge in [-0.3, -0.25) is 0 Å². The minimum atomic E-state index is -4.05. The van der Waals surface area contributed by atoms with Crippen LogP contribution in [0.15, 0.2) is 52.3 Å². The molecule has 0 amide bonds. The number of anilines is 2. The van der Waals surface area contributed by atoms with Crippen LogP contribution >= 0.6 is 0 Å². The average molecular weight is 666 g/mol. The number of nitrogens with zero attached hydrogens (tertiary/aromatic N) is 5. The third kappa shape index (κ3) is 10.6. The van der Waals surface area contributed by atoms with E-state index in [2.05, 4.69) is 15.5 Å². The number of hydrogen-bond donors (Lipinski definition) is 2. The van der Waals surface area contributed by atoms with Gasteiger partial charge in [0.1, 0.15) is 9.79 Å². The third-order valence-corrected chi connectivity index (χ3v) is 12.2. The van der Waals surface area contributed by atoms with Crippen LogP contribution in [0, 0.1) is 0 Å². The van der Waals surface area contributed by atoms with Crippen molar-refractivity contribution in [3.63, 3.8) is 0 Å². The lowest BCUT2D eigenvalue weighted by Crippen LogP contribution is -2.38. The smallest absolute Gasteiger partial charge is 0.245 e. The molecule has 0 unspecified atom stereocenters. The Kier molecular flexibility index (Phi) is 14.5. The van der Waals surface area contributed by atoms with Crippen molar-refractivity contribution in [2.24, 2.45) is 0 Å². The van der Waals surface area contributed by atoms with Crippen molar-refractivity contribution in [2.45, 2.75) is 42.9 Å². The molecule has 0 aromatic heterocycles. The number of likely N-dealkylation sites (tertiary alicyclic amines) is 1. The average Bonchev–Trinajstić information content (AvgIpc) is 3.51. The Balaban J connectivity index is 2.11. The number of rotatable bonds is 20. The first kappa shape index (κ1) is 37.2. The minimum Gasteiger partial charge on any atom is -0.384 e. The molecular weight excluding hydrogens is 611 g/mol. The molecule has 3 rings (SSSR count). The van der Waals surface area contributed by atoms with Gasteiger partial charge in [-0.15, -0.1) is 0 Å². The second kappa shape index (κ2) is 17.6. The summed E-state index contributed by atoms with van der Waals surface area (Å²) in [5, 5.41) is 6.75. The Bertz CT molecular complexity index is 1400. The van der Waals surface area contributed by atoms with Crippen LogP contribution in [0.25, 0.3) is 0 Å². The van der Waals surface area contributed by atoms with Crippen LogP contribution in [0.2, 0.25) is 0 Å². The maximum atomic E-state index is 14.3. The summed E-state index contributed by atoms with van der Waals surface area (Å²) in [4.78, 5) is 6.19. The molecule has 0 bridgehead atoms. The molecule has 2 N–H and O–H groups in total. The van der Waals surface area contributed by atoms with E-state index in [0.29, 0.717) is 50.5 Å². The van der Waals surface area contributed by atoms with Gasteiger partial charge in [0.15, 0.2) is 0 Å². The SMILES string of the molecule is CCN(CCN(C)C)S(=O)(=O)c1cc(S(=O)(=O)N(CC)CCN(C)C)c(NCCN2CCCC2)cc1NCCc1ccccc1. The van der Waals surface area contributed by atoms with E-state index in [4.69, 9.17) is 0 Å². The summed E-state index contributed by atoms with van der Waals surface area (Å²) in [6.07, 6.45) is 3.02. The molecule has 1 fully saturated rings. The zero-order chi connectivity index (χ0) is 33.0. The van der Waals surface area contributed by atoms with Crippen molar-refractivity contribution in [1.82, 2.24) is 23.3 Å². The first-order chi connectivity index (χ1) is 21.4. The van der Waals surface area contributed by atoms with Gasteiger partial charge in [-0.2, -0.15) is 8.61 Å². The molecule has 0 saturated carbocycles. The minimum absolute atomic E-state index is 0.0135. The fourth-order valence-corrected chi connectivity index (χ4v) is 8.71. The molecule has 11 nitrogen and oxygen atoms in total. The lowest BCUT2D eigenvalue weighted by molar-refractivity contribution is 0.340. The fourth-order valence-electron chi connectivity index (χ4n) is 5.40. The van der Waals surface area contributed by atoms with E-state index >= 15 is 0 Å². The summed E-state index contributed by atoms with van der Waals surface area (Å²) in [6, 6.07) is 13.1. The van der Waals surface area contributed by atoms with E-state index in [1.165, 1.54) is 27.5 Å². The topological polar surface area (TPSA) is 109 Å². The Hall–Kier alpha value is -2.26. The van der Waals surface area contributed by atoms with E-state index in [1.807, 2.05) is 82.2 Å². The molecule has 1 aliphatic heterocycles. The Morgan fingerprint density at radius 3 is 1.64 bits per heavy atom. The van der Waals surface area contributed by atoms with Gasteiger partial charge in [0, 0.05) is 58.9 Å². The van der Waals surface area contributed by atoms with Gasteiger partial charge in [0.2, 0.25) is 20.0 Å². The predicted octanol–water partition coefficient (Wildman–Crippen LogP) is 2.99. The summed E-state index contributed by atoms with van der Waals surface area (Å²) in [5.74, 6) is 0. The molecule has 1 saturated heterocycles. The maximum absolute atomic E-state index is 14.3. The zero-order valence-corrected chi connectivity index (χ0v) is 29.8. The summed E-state index contributed by atoms with van der Waals surface area (Å²) in [5.41, 5.74) is 1.93. The first-order valence-corrected chi connectivity index (χ1v) is 19.0. The van der Waals surface area contributed by atoms with Crippen molar-refractivity contribution in [1.29, 1.82) is 0 Å². The van der Waals surface area contributed by atoms with Crippen molar-refractivity contribution in [3.05, 3.63) is 48.0 Å². The summed E-state index contributed by atoms with van der Waals surface area (Å²) in [6.45, 7) is 9.70. The molecule has 0 radical (unpaired) electrons.